The fraction of sp³-hybridized carbons (Fsp3) is 0.333. The number of aliphatic carboxylic acids is 1. The molecule has 104 valence electrons. The highest BCUT2D eigenvalue weighted by Crippen LogP contribution is 2.16. The zero-order valence-electron chi connectivity index (χ0n) is 10.2. The van der Waals surface area contributed by atoms with Crippen molar-refractivity contribution in [2.24, 2.45) is 0 Å². The highest BCUT2D eigenvalue weighted by atomic mass is 79.9. The third kappa shape index (κ3) is 4.96. The van der Waals surface area contributed by atoms with Crippen LogP contribution in [0.15, 0.2) is 22.7 Å². The van der Waals surface area contributed by atoms with Crippen LogP contribution in [0.1, 0.15) is 16.8 Å². The molecule has 0 bridgehead atoms. The number of carbonyl (C=O) groups excluding carboxylic acids is 1. The van der Waals surface area contributed by atoms with Gasteiger partial charge >= 0.3 is 5.97 Å². The zero-order chi connectivity index (χ0) is 14.4. The molecule has 1 aromatic rings. The van der Waals surface area contributed by atoms with E-state index in [1.54, 1.807) is 0 Å². The van der Waals surface area contributed by atoms with Gasteiger partial charge in [-0.25, -0.2) is 4.39 Å². The molecule has 0 fully saturated rings. The number of rotatable bonds is 6. The summed E-state index contributed by atoms with van der Waals surface area (Å²) >= 11 is 2.98. The summed E-state index contributed by atoms with van der Waals surface area (Å²) in [4.78, 5) is 22.3. The number of halogens is 2. The molecular formula is C12H13BrFNO4. The van der Waals surface area contributed by atoms with E-state index in [0.29, 0.717) is 0 Å². The van der Waals surface area contributed by atoms with Crippen LogP contribution in [0.25, 0.3) is 0 Å². The van der Waals surface area contributed by atoms with E-state index < -0.39 is 23.8 Å². The Morgan fingerprint density at radius 1 is 1.53 bits per heavy atom. The molecule has 19 heavy (non-hydrogen) atoms. The minimum absolute atomic E-state index is 0.0661. The summed E-state index contributed by atoms with van der Waals surface area (Å²) in [5.74, 6) is -1.89. The zero-order valence-corrected chi connectivity index (χ0v) is 11.7. The topological polar surface area (TPSA) is 75.6 Å². The number of hydrogen-bond donors (Lipinski definition) is 2. The van der Waals surface area contributed by atoms with E-state index in [1.807, 2.05) is 0 Å². The summed E-state index contributed by atoms with van der Waals surface area (Å²) < 4.78 is 18.1. The predicted molar refractivity (Wildman–Crippen MR) is 69.5 cm³/mol. The maximum absolute atomic E-state index is 13.0. The van der Waals surface area contributed by atoms with Crippen LogP contribution in [0.2, 0.25) is 0 Å². The molecule has 0 radical (unpaired) electrons. The second kappa shape index (κ2) is 7.20. The number of methoxy groups -OCH3 is 1. The number of ether oxygens (including phenoxy) is 1. The number of nitrogens with one attached hydrogen (secondary N) is 1. The highest BCUT2D eigenvalue weighted by Gasteiger charge is 2.14. The minimum atomic E-state index is -1.01. The smallest absolute Gasteiger partial charge is 0.306 e. The van der Waals surface area contributed by atoms with Crippen molar-refractivity contribution in [3.05, 3.63) is 34.1 Å². The SMILES string of the molecule is COC(CNC(=O)c1ccc(F)c(Br)c1)CC(=O)O. The number of carboxylic acid groups (broad SMARTS) is 1. The first-order valence-electron chi connectivity index (χ1n) is 5.42. The summed E-state index contributed by atoms with van der Waals surface area (Å²) in [6.45, 7) is 0.0661. The Morgan fingerprint density at radius 2 is 2.21 bits per heavy atom. The van der Waals surface area contributed by atoms with Crippen molar-refractivity contribution >= 4 is 27.8 Å². The van der Waals surface area contributed by atoms with E-state index in [4.69, 9.17) is 9.84 Å². The van der Waals surface area contributed by atoms with Gasteiger partial charge in [0.25, 0.3) is 5.91 Å². The molecule has 1 aromatic carbocycles. The van der Waals surface area contributed by atoms with Gasteiger partial charge in [0.15, 0.2) is 0 Å². The molecule has 1 rings (SSSR count). The first-order chi connectivity index (χ1) is 8.93. The summed E-state index contributed by atoms with van der Waals surface area (Å²) in [5, 5.41) is 11.2. The van der Waals surface area contributed by atoms with Crippen LogP contribution in [-0.4, -0.2) is 36.7 Å². The Balaban J connectivity index is 2.59. The Hall–Kier alpha value is -1.47. The van der Waals surface area contributed by atoms with Gasteiger partial charge in [0.05, 0.1) is 17.0 Å². The van der Waals surface area contributed by atoms with E-state index >= 15 is 0 Å². The lowest BCUT2D eigenvalue weighted by atomic mass is 10.2. The Labute approximate surface area is 117 Å². The number of hydrogen-bond acceptors (Lipinski definition) is 3. The maximum atomic E-state index is 13.0. The van der Waals surface area contributed by atoms with Crippen LogP contribution in [0.4, 0.5) is 4.39 Å². The summed E-state index contributed by atoms with van der Waals surface area (Å²) in [5.41, 5.74) is 0.276. The molecule has 0 aliphatic rings. The largest absolute Gasteiger partial charge is 0.481 e. The van der Waals surface area contributed by atoms with Crippen molar-refractivity contribution in [3.63, 3.8) is 0 Å². The Morgan fingerprint density at radius 3 is 2.74 bits per heavy atom. The van der Waals surface area contributed by atoms with Gasteiger partial charge in [-0.1, -0.05) is 0 Å². The molecule has 0 spiro atoms. The monoisotopic (exact) mass is 333 g/mol. The van der Waals surface area contributed by atoms with E-state index in [0.717, 1.165) is 0 Å². The predicted octanol–water partition coefficient (Wildman–Crippen LogP) is 1.81. The minimum Gasteiger partial charge on any atom is -0.481 e. The fourth-order valence-corrected chi connectivity index (χ4v) is 1.76. The van der Waals surface area contributed by atoms with Gasteiger partial charge in [-0.15, -0.1) is 0 Å². The second-order valence-electron chi connectivity index (χ2n) is 3.79. The summed E-state index contributed by atoms with van der Waals surface area (Å²) in [6, 6.07) is 3.86. The molecule has 0 saturated heterocycles. The number of carbonyl (C=O) groups is 2. The molecule has 0 aliphatic heterocycles. The molecule has 1 atom stereocenters. The molecule has 0 saturated carbocycles. The molecule has 0 aliphatic carbocycles. The molecule has 0 aromatic heterocycles. The van der Waals surface area contributed by atoms with Gasteiger partial charge in [-0.05, 0) is 34.1 Å². The Bertz CT molecular complexity index is 481. The van der Waals surface area contributed by atoms with Crippen LogP contribution in [0, 0.1) is 5.82 Å². The van der Waals surface area contributed by atoms with Crippen LogP contribution >= 0.6 is 15.9 Å². The standard InChI is InChI=1S/C12H13BrFNO4/c1-19-8(5-11(16)17)6-15-12(18)7-2-3-10(14)9(13)4-7/h2-4,8H,5-6H2,1H3,(H,15,18)(H,16,17). The highest BCUT2D eigenvalue weighted by molar-refractivity contribution is 9.10. The van der Waals surface area contributed by atoms with E-state index in [2.05, 4.69) is 21.2 Å². The fourth-order valence-electron chi connectivity index (χ4n) is 1.38. The van der Waals surface area contributed by atoms with E-state index in [9.17, 15) is 14.0 Å². The van der Waals surface area contributed by atoms with Gasteiger partial charge in [-0.2, -0.15) is 0 Å². The first-order valence-corrected chi connectivity index (χ1v) is 6.21. The summed E-state index contributed by atoms with van der Waals surface area (Å²) in [7, 11) is 1.37. The lowest BCUT2D eigenvalue weighted by Gasteiger charge is -2.14. The first kappa shape index (κ1) is 15.6. The number of carboxylic acids is 1. The normalized spacial score (nSPS) is 11.9. The quantitative estimate of drug-likeness (QED) is 0.832. The van der Waals surface area contributed by atoms with Gasteiger partial charge in [0.1, 0.15) is 5.82 Å². The van der Waals surface area contributed by atoms with Gasteiger partial charge in [0, 0.05) is 19.2 Å². The van der Waals surface area contributed by atoms with Gasteiger partial charge in [-0.3, -0.25) is 9.59 Å². The molecule has 1 unspecified atom stereocenters. The Kier molecular flexibility index (Phi) is 5.91. The van der Waals surface area contributed by atoms with Crippen molar-refractivity contribution < 1.29 is 23.8 Å². The molecular weight excluding hydrogens is 321 g/mol. The number of benzene rings is 1. The second-order valence-corrected chi connectivity index (χ2v) is 4.65. The molecule has 1 amide bonds. The van der Waals surface area contributed by atoms with Crippen molar-refractivity contribution in [1.82, 2.24) is 5.32 Å². The molecule has 7 heteroatoms. The van der Waals surface area contributed by atoms with Crippen molar-refractivity contribution in [2.45, 2.75) is 12.5 Å². The van der Waals surface area contributed by atoms with Crippen LogP contribution in [-0.2, 0) is 9.53 Å². The molecule has 5 nitrogen and oxygen atoms in total. The van der Waals surface area contributed by atoms with Crippen LogP contribution < -0.4 is 5.32 Å². The van der Waals surface area contributed by atoms with Gasteiger partial charge < -0.3 is 15.2 Å². The maximum Gasteiger partial charge on any atom is 0.306 e. The van der Waals surface area contributed by atoms with Gasteiger partial charge in [0.2, 0.25) is 0 Å². The average molecular weight is 334 g/mol. The average Bonchev–Trinajstić information content (AvgIpc) is 2.36. The van der Waals surface area contributed by atoms with Crippen molar-refractivity contribution in [1.29, 1.82) is 0 Å². The van der Waals surface area contributed by atoms with Crippen LogP contribution in [0.3, 0.4) is 0 Å². The number of amides is 1. The lowest BCUT2D eigenvalue weighted by molar-refractivity contribution is -0.139. The van der Waals surface area contributed by atoms with E-state index in [1.165, 1.54) is 25.3 Å². The third-order valence-electron chi connectivity index (χ3n) is 2.41. The van der Waals surface area contributed by atoms with Crippen LogP contribution in [0.5, 0.6) is 0 Å². The summed E-state index contributed by atoms with van der Waals surface area (Å²) in [6.07, 6.45) is -0.811. The third-order valence-corrected chi connectivity index (χ3v) is 3.02. The molecule has 2 N–H and O–H groups in total. The van der Waals surface area contributed by atoms with E-state index in [-0.39, 0.29) is 23.0 Å². The van der Waals surface area contributed by atoms with Crippen molar-refractivity contribution in [2.75, 3.05) is 13.7 Å². The lowest BCUT2D eigenvalue weighted by Crippen LogP contribution is -2.34. The van der Waals surface area contributed by atoms with Crippen molar-refractivity contribution in [3.8, 4) is 0 Å². The molecule has 0 heterocycles.